The summed E-state index contributed by atoms with van der Waals surface area (Å²) < 4.78 is 10.4. The van der Waals surface area contributed by atoms with Crippen LogP contribution in [0.15, 0.2) is 48.5 Å². The lowest BCUT2D eigenvalue weighted by Crippen LogP contribution is -2.12. The lowest BCUT2D eigenvalue weighted by Gasteiger charge is -2.21. The highest BCUT2D eigenvalue weighted by atomic mass is 16.5. The third-order valence-corrected chi connectivity index (χ3v) is 3.69. The molecule has 3 nitrogen and oxygen atoms in total. The van der Waals surface area contributed by atoms with E-state index in [1.807, 2.05) is 55.5 Å². The topological polar surface area (TPSA) is 35.5 Å². The van der Waals surface area contributed by atoms with E-state index in [-0.39, 0.29) is 11.8 Å². The second-order valence-corrected chi connectivity index (χ2v) is 5.02. The highest BCUT2D eigenvalue weighted by Gasteiger charge is 2.21. The van der Waals surface area contributed by atoms with Crippen molar-refractivity contribution in [2.75, 3.05) is 14.2 Å². The smallest absolute Gasteiger partial charge is 0.123 e. The predicted molar refractivity (Wildman–Crippen MR) is 83.1 cm³/mol. The molecule has 21 heavy (non-hydrogen) atoms. The Kier molecular flexibility index (Phi) is 4.99. The van der Waals surface area contributed by atoms with Crippen molar-refractivity contribution in [3.63, 3.8) is 0 Å². The quantitative estimate of drug-likeness (QED) is 0.759. The molecule has 3 heteroatoms. The second kappa shape index (κ2) is 6.93. The Balaban J connectivity index is 2.38. The number of carbonyl (C=O) groups excluding carboxylic acids is 1. The summed E-state index contributed by atoms with van der Waals surface area (Å²) in [5, 5.41) is 0. The number of hydrogen-bond donors (Lipinski definition) is 0. The molecule has 2 rings (SSSR count). The molecule has 1 atom stereocenters. The van der Waals surface area contributed by atoms with E-state index < -0.39 is 0 Å². The minimum Gasteiger partial charge on any atom is -0.497 e. The summed E-state index contributed by atoms with van der Waals surface area (Å²) in [7, 11) is 3.29. The number of ether oxygens (including phenoxy) is 2. The van der Waals surface area contributed by atoms with Gasteiger partial charge < -0.3 is 14.3 Å². The maximum atomic E-state index is 11.3. The Bertz CT molecular complexity index is 525. The van der Waals surface area contributed by atoms with E-state index in [1.54, 1.807) is 14.2 Å². The van der Waals surface area contributed by atoms with E-state index in [4.69, 9.17) is 9.47 Å². The van der Waals surface area contributed by atoms with E-state index in [9.17, 15) is 4.79 Å². The molecular formula is C18H20O3. The Morgan fingerprint density at radius 1 is 0.810 bits per heavy atom. The third-order valence-electron chi connectivity index (χ3n) is 3.69. The van der Waals surface area contributed by atoms with Crippen LogP contribution in [0, 0.1) is 5.92 Å². The first kappa shape index (κ1) is 15.1. The molecule has 110 valence electrons. The average Bonchev–Trinajstić information content (AvgIpc) is 2.56. The maximum absolute atomic E-state index is 11.3. The normalized spacial score (nSPS) is 12.0. The molecule has 0 fully saturated rings. The standard InChI is InChI=1S/C18H20O3/c1-13(12-19)18(14-4-8-16(20-2)9-5-14)15-6-10-17(21-3)11-7-15/h4-13,18H,1-3H3. The van der Waals surface area contributed by atoms with Crippen LogP contribution in [0.3, 0.4) is 0 Å². The van der Waals surface area contributed by atoms with Crippen LogP contribution in [0.4, 0.5) is 0 Å². The molecular weight excluding hydrogens is 264 g/mol. The number of hydrogen-bond acceptors (Lipinski definition) is 3. The zero-order chi connectivity index (χ0) is 15.2. The van der Waals surface area contributed by atoms with E-state index in [0.717, 1.165) is 28.9 Å². The van der Waals surface area contributed by atoms with E-state index >= 15 is 0 Å². The van der Waals surface area contributed by atoms with Crippen LogP contribution >= 0.6 is 0 Å². The van der Waals surface area contributed by atoms with E-state index in [0.29, 0.717) is 0 Å². The molecule has 0 saturated carbocycles. The molecule has 0 aliphatic rings. The Labute approximate surface area is 125 Å². The van der Waals surface area contributed by atoms with Gasteiger partial charge in [0, 0.05) is 11.8 Å². The van der Waals surface area contributed by atoms with Crippen molar-refractivity contribution in [1.82, 2.24) is 0 Å². The molecule has 2 aromatic rings. The van der Waals surface area contributed by atoms with Crippen molar-refractivity contribution in [1.29, 1.82) is 0 Å². The van der Waals surface area contributed by atoms with Crippen molar-refractivity contribution in [3.8, 4) is 11.5 Å². The van der Waals surface area contributed by atoms with Crippen LogP contribution in [-0.4, -0.2) is 20.5 Å². The summed E-state index contributed by atoms with van der Waals surface area (Å²) in [4.78, 5) is 11.3. The van der Waals surface area contributed by atoms with E-state index in [2.05, 4.69) is 0 Å². The lowest BCUT2D eigenvalue weighted by molar-refractivity contribution is -0.111. The summed E-state index contributed by atoms with van der Waals surface area (Å²) in [5.41, 5.74) is 2.20. The van der Waals surface area contributed by atoms with Gasteiger partial charge in [0.15, 0.2) is 0 Å². The van der Waals surface area contributed by atoms with Crippen molar-refractivity contribution >= 4 is 6.29 Å². The van der Waals surface area contributed by atoms with Gasteiger partial charge >= 0.3 is 0 Å². The van der Waals surface area contributed by atoms with Gasteiger partial charge in [-0.3, -0.25) is 0 Å². The third kappa shape index (κ3) is 3.43. The van der Waals surface area contributed by atoms with Crippen LogP contribution < -0.4 is 9.47 Å². The number of rotatable bonds is 6. The molecule has 0 N–H and O–H groups in total. The monoisotopic (exact) mass is 284 g/mol. The maximum Gasteiger partial charge on any atom is 0.123 e. The van der Waals surface area contributed by atoms with Gasteiger partial charge in [0.25, 0.3) is 0 Å². The highest BCUT2D eigenvalue weighted by Crippen LogP contribution is 2.33. The molecule has 0 saturated heterocycles. The van der Waals surface area contributed by atoms with Crippen LogP contribution in [0.25, 0.3) is 0 Å². The number of carbonyl (C=O) groups is 1. The zero-order valence-corrected chi connectivity index (χ0v) is 12.6. The minimum absolute atomic E-state index is 0.0271. The predicted octanol–water partition coefficient (Wildman–Crippen LogP) is 3.67. The Morgan fingerprint density at radius 2 is 1.19 bits per heavy atom. The van der Waals surface area contributed by atoms with Gasteiger partial charge in [0.1, 0.15) is 17.8 Å². The summed E-state index contributed by atoms with van der Waals surface area (Å²) in [6.45, 7) is 1.94. The first-order chi connectivity index (χ1) is 10.2. The minimum atomic E-state index is -0.105. The fourth-order valence-corrected chi connectivity index (χ4v) is 2.50. The van der Waals surface area contributed by atoms with Gasteiger partial charge in [-0.05, 0) is 35.4 Å². The SMILES string of the molecule is COc1ccc(C(c2ccc(OC)cc2)C(C)C=O)cc1. The number of aldehydes is 1. The number of benzene rings is 2. The van der Waals surface area contributed by atoms with Gasteiger partial charge in [-0.25, -0.2) is 0 Å². The summed E-state index contributed by atoms with van der Waals surface area (Å²) in [5.74, 6) is 1.54. The van der Waals surface area contributed by atoms with Gasteiger partial charge in [-0.15, -0.1) is 0 Å². The van der Waals surface area contributed by atoms with Crippen LogP contribution in [0.2, 0.25) is 0 Å². The Morgan fingerprint density at radius 3 is 1.48 bits per heavy atom. The van der Waals surface area contributed by atoms with Gasteiger partial charge in [-0.2, -0.15) is 0 Å². The van der Waals surface area contributed by atoms with E-state index in [1.165, 1.54) is 0 Å². The molecule has 0 heterocycles. The molecule has 1 unspecified atom stereocenters. The summed E-state index contributed by atoms with van der Waals surface area (Å²) >= 11 is 0. The average molecular weight is 284 g/mol. The molecule has 0 amide bonds. The summed E-state index contributed by atoms with van der Waals surface area (Å²) in [6.07, 6.45) is 0.999. The van der Waals surface area contributed by atoms with Crippen LogP contribution in [0.5, 0.6) is 11.5 Å². The summed E-state index contributed by atoms with van der Waals surface area (Å²) in [6, 6.07) is 15.7. The van der Waals surface area contributed by atoms with Gasteiger partial charge in [0.05, 0.1) is 14.2 Å². The fraction of sp³-hybridized carbons (Fsp3) is 0.278. The zero-order valence-electron chi connectivity index (χ0n) is 12.6. The molecule has 0 aliphatic heterocycles. The highest BCUT2D eigenvalue weighted by molar-refractivity contribution is 5.58. The van der Waals surface area contributed by atoms with Gasteiger partial charge in [-0.1, -0.05) is 31.2 Å². The molecule has 0 aliphatic carbocycles. The first-order valence-corrected chi connectivity index (χ1v) is 6.92. The van der Waals surface area contributed by atoms with Crippen molar-refractivity contribution in [2.45, 2.75) is 12.8 Å². The van der Waals surface area contributed by atoms with Crippen molar-refractivity contribution < 1.29 is 14.3 Å². The number of methoxy groups -OCH3 is 2. The molecule has 0 radical (unpaired) electrons. The van der Waals surface area contributed by atoms with Crippen molar-refractivity contribution in [3.05, 3.63) is 59.7 Å². The Hall–Kier alpha value is -2.29. The molecule has 0 aromatic heterocycles. The molecule has 0 bridgehead atoms. The first-order valence-electron chi connectivity index (χ1n) is 6.92. The lowest BCUT2D eigenvalue weighted by atomic mass is 9.82. The molecule has 0 spiro atoms. The van der Waals surface area contributed by atoms with Crippen LogP contribution in [-0.2, 0) is 4.79 Å². The second-order valence-electron chi connectivity index (χ2n) is 5.02. The van der Waals surface area contributed by atoms with Crippen LogP contribution in [0.1, 0.15) is 24.0 Å². The van der Waals surface area contributed by atoms with Crippen molar-refractivity contribution in [2.24, 2.45) is 5.92 Å². The molecule has 2 aromatic carbocycles. The largest absolute Gasteiger partial charge is 0.497 e. The fourth-order valence-electron chi connectivity index (χ4n) is 2.50. The van der Waals surface area contributed by atoms with Gasteiger partial charge in [0.2, 0.25) is 0 Å².